The number of aryl methyl sites for hydroxylation is 1. The molecule has 0 radical (unpaired) electrons. The summed E-state index contributed by atoms with van der Waals surface area (Å²) >= 11 is 5.79. The van der Waals surface area contributed by atoms with Crippen LogP contribution in [0.25, 0.3) is 11.4 Å². The van der Waals surface area contributed by atoms with Crippen LogP contribution >= 0.6 is 11.6 Å². The fourth-order valence-electron chi connectivity index (χ4n) is 1.36. The van der Waals surface area contributed by atoms with E-state index in [-0.39, 0.29) is 0 Å². The minimum absolute atomic E-state index is 0.525. The van der Waals surface area contributed by atoms with E-state index >= 15 is 0 Å². The molecule has 0 saturated carbocycles. The van der Waals surface area contributed by atoms with Crippen molar-refractivity contribution < 1.29 is 0 Å². The van der Waals surface area contributed by atoms with Gasteiger partial charge in [-0.1, -0.05) is 11.6 Å². The zero-order valence-electron chi connectivity index (χ0n) is 7.74. The van der Waals surface area contributed by atoms with Gasteiger partial charge in [-0.15, -0.1) is 0 Å². The quantitative estimate of drug-likeness (QED) is 0.780. The molecule has 1 heterocycles. The predicted octanol–water partition coefficient (Wildman–Crippen LogP) is 2.32. The molecule has 1 aromatic heterocycles. The van der Waals surface area contributed by atoms with E-state index in [1.165, 1.54) is 0 Å². The average molecular weight is 208 g/mol. The van der Waals surface area contributed by atoms with E-state index < -0.39 is 0 Å². The lowest BCUT2D eigenvalue weighted by molar-refractivity contribution is 0.925. The molecule has 0 amide bonds. The van der Waals surface area contributed by atoms with E-state index in [2.05, 4.69) is 4.98 Å². The van der Waals surface area contributed by atoms with Gasteiger partial charge in [0, 0.05) is 23.8 Å². The van der Waals surface area contributed by atoms with Gasteiger partial charge < -0.3 is 10.3 Å². The van der Waals surface area contributed by atoms with Crippen molar-refractivity contribution in [3.05, 3.63) is 35.5 Å². The molecule has 2 N–H and O–H groups in total. The summed E-state index contributed by atoms with van der Waals surface area (Å²) in [6.45, 7) is 0. The molecule has 0 aliphatic rings. The number of benzene rings is 1. The van der Waals surface area contributed by atoms with Crippen LogP contribution in [0.5, 0.6) is 0 Å². The number of hydrogen-bond donors (Lipinski definition) is 1. The number of nitrogens with two attached hydrogens (primary N) is 1. The van der Waals surface area contributed by atoms with Gasteiger partial charge in [0.1, 0.15) is 11.6 Å². The minimum Gasteiger partial charge on any atom is -0.382 e. The highest BCUT2D eigenvalue weighted by molar-refractivity contribution is 6.30. The zero-order chi connectivity index (χ0) is 10.1. The number of nitrogen functional groups attached to an aromatic ring is 1. The standard InChI is InChI=1S/C10H10ClN3/c1-14-6-9(12)13-10(14)7-2-4-8(11)5-3-7/h2-6H,12H2,1H3. The van der Waals surface area contributed by atoms with Gasteiger partial charge in [0.15, 0.2) is 0 Å². The van der Waals surface area contributed by atoms with Gasteiger partial charge in [-0.25, -0.2) is 4.98 Å². The second kappa shape index (κ2) is 3.35. The maximum atomic E-state index is 5.79. The first-order valence-electron chi connectivity index (χ1n) is 4.21. The molecular formula is C10H10ClN3. The Morgan fingerprint density at radius 3 is 2.43 bits per heavy atom. The molecule has 3 nitrogen and oxygen atoms in total. The van der Waals surface area contributed by atoms with Crippen LogP contribution in [0, 0.1) is 0 Å². The van der Waals surface area contributed by atoms with E-state index in [0.29, 0.717) is 5.82 Å². The molecule has 2 rings (SSSR count). The summed E-state index contributed by atoms with van der Waals surface area (Å²) in [6, 6.07) is 7.51. The van der Waals surface area contributed by atoms with Crippen molar-refractivity contribution >= 4 is 17.4 Å². The molecule has 0 aliphatic heterocycles. The highest BCUT2D eigenvalue weighted by Gasteiger charge is 2.04. The molecule has 0 unspecified atom stereocenters. The molecule has 0 saturated heterocycles. The van der Waals surface area contributed by atoms with Crippen molar-refractivity contribution in [2.75, 3.05) is 5.73 Å². The Morgan fingerprint density at radius 1 is 1.29 bits per heavy atom. The predicted molar refractivity (Wildman–Crippen MR) is 58.1 cm³/mol. The second-order valence-electron chi connectivity index (χ2n) is 3.11. The summed E-state index contributed by atoms with van der Waals surface area (Å²) in [6.07, 6.45) is 1.78. The van der Waals surface area contributed by atoms with E-state index in [4.69, 9.17) is 17.3 Å². The molecule has 0 spiro atoms. The third kappa shape index (κ3) is 1.59. The minimum atomic E-state index is 0.525. The van der Waals surface area contributed by atoms with Gasteiger partial charge >= 0.3 is 0 Å². The zero-order valence-corrected chi connectivity index (χ0v) is 8.49. The van der Waals surface area contributed by atoms with Gasteiger partial charge in [0.05, 0.1) is 0 Å². The third-order valence-corrected chi connectivity index (χ3v) is 2.25. The molecular weight excluding hydrogens is 198 g/mol. The fraction of sp³-hybridized carbons (Fsp3) is 0.100. The van der Waals surface area contributed by atoms with Crippen LogP contribution < -0.4 is 5.73 Å². The lowest BCUT2D eigenvalue weighted by Gasteiger charge is -2.00. The normalized spacial score (nSPS) is 10.4. The van der Waals surface area contributed by atoms with E-state index in [1.807, 2.05) is 35.9 Å². The maximum absolute atomic E-state index is 5.79. The van der Waals surface area contributed by atoms with Crippen LogP contribution in [-0.4, -0.2) is 9.55 Å². The first-order chi connectivity index (χ1) is 6.66. The van der Waals surface area contributed by atoms with Gasteiger partial charge in [-0.3, -0.25) is 0 Å². The number of imidazole rings is 1. The van der Waals surface area contributed by atoms with Gasteiger partial charge in [-0.05, 0) is 24.3 Å². The van der Waals surface area contributed by atoms with E-state index in [9.17, 15) is 0 Å². The number of halogens is 1. The monoisotopic (exact) mass is 207 g/mol. The molecule has 1 aromatic carbocycles. The van der Waals surface area contributed by atoms with Crippen molar-refractivity contribution in [2.24, 2.45) is 7.05 Å². The summed E-state index contributed by atoms with van der Waals surface area (Å²) in [5.74, 6) is 1.37. The Bertz CT molecular complexity index is 445. The van der Waals surface area contributed by atoms with Gasteiger partial charge in [-0.2, -0.15) is 0 Å². The Hall–Kier alpha value is -1.48. The smallest absolute Gasteiger partial charge is 0.142 e. The van der Waals surface area contributed by atoms with Gasteiger partial charge in [0.25, 0.3) is 0 Å². The van der Waals surface area contributed by atoms with Crippen molar-refractivity contribution in [2.45, 2.75) is 0 Å². The van der Waals surface area contributed by atoms with Crippen LogP contribution in [0.1, 0.15) is 0 Å². The first kappa shape index (κ1) is 9.09. The Morgan fingerprint density at radius 2 is 1.93 bits per heavy atom. The van der Waals surface area contributed by atoms with E-state index in [0.717, 1.165) is 16.4 Å². The second-order valence-corrected chi connectivity index (χ2v) is 3.54. The maximum Gasteiger partial charge on any atom is 0.142 e. The molecule has 2 aromatic rings. The molecule has 0 bridgehead atoms. The van der Waals surface area contributed by atoms with Crippen molar-refractivity contribution in [1.29, 1.82) is 0 Å². The number of nitrogens with zero attached hydrogens (tertiary/aromatic N) is 2. The van der Waals surface area contributed by atoms with Crippen molar-refractivity contribution in [1.82, 2.24) is 9.55 Å². The van der Waals surface area contributed by atoms with Crippen LogP contribution in [0.15, 0.2) is 30.5 Å². The van der Waals surface area contributed by atoms with Crippen LogP contribution in [0.3, 0.4) is 0 Å². The summed E-state index contributed by atoms with van der Waals surface area (Å²) in [5, 5.41) is 0.718. The largest absolute Gasteiger partial charge is 0.382 e. The summed E-state index contributed by atoms with van der Waals surface area (Å²) < 4.78 is 1.89. The van der Waals surface area contributed by atoms with Gasteiger partial charge in [0.2, 0.25) is 0 Å². The van der Waals surface area contributed by atoms with Crippen LogP contribution in [0.4, 0.5) is 5.82 Å². The summed E-state index contributed by atoms with van der Waals surface area (Å²) in [5.41, 5.74) is 6.60. The lowest BCUT2D eigenvalue weighted by Crippen LogP contribution is -1.90. The summed E-state index contributed by atoms with van der Waals surface area (Å²) in [4.78, 5) is 4.21. The Balaban J connectivity index is 2.49. The average Bonchev–Trinajstić information content (AvgIpc) is 2.47. The molecule has 72 valence electrons. The Kier molecular flexibility index (Phi) is 2.17. The number of aromatic nitrogens is 2. The summed E-state index contributed by atoms with van der Waals surface area (Å²) in [7, 11) is 1.91. The molecule has 0 aliphatic carbocycles. The molecule has 0 fully saturated rings. The number of anilines is 1. The fourth-order valence-corrected chi connectivity index (χ4v) is 1.48. The van der Waals surface area contributed by atoms with E-state index in [1.54, 1.807) is 6.20 Å². The lowest BCUT2D eigenvalue weighted by atomic mass is 10.2. The Labute approximate surface area is 87.1 Å². The third-order valence-electron chi connectivity index (χ3n) is 2.00. The van der Waals surface area contributed by atoms with Crippen LogP contribution in [0.2, 0.25) is 5.02 Å². The highest BCUT2D eigenvalue weighted by Crippen LogP contribution is 2.20. The van der Waals surface area contributed by atoms with Crippen LogP contribution in [-0.2, 0) is 7.05 Å². The van der Waals surface area contributed by atoms with Crippen molar-refractivity contribution in [3.63, 3.8) is 0 Å². The molecule has 4 heteroatoms. The highest BCUT2D eigenvalue weighted by atomic mass is 35.5. The number of rotatable bonds is 1. The SMILES string of the molecule is Cn1cc(N)nc1-c1ccc(Cl)cc1. The molecule has 0 atom stereocenters. The number of hydrogen-bond acceptors (Lipinski definition) is 2. The molecule has 14 heavy (non-hydrogen) atoms. The van der Waals surface area contributed by atoms with Crippen molar-refractivity contribution in [3.8, 4) is 11.4 Å². The first-order valence-corrected chi connectivity index (χ1v) is 4.59. The topological polar surface area (TPSA) is 43.8 Å².